The first kappa shape index (κ1) is 17.4. The summed E-state index contributed by atoms with van der Waals surface area (Å²) < 4.78 is 5.47. The molecule has 7 heteroatoms. The largest absolute Gasteiger partial charge is 0.465 e. The van der Waals surface area contributed by atoms with Gasteiger partial charge in [0.1, 0.15) is 5.01 Å². The number of hydrogen-bond acceptors (Lipinski definition) is 4. The zero-order chi connectivity index (χ0) is 17.3. The minimum absolute atomic E-state index is 0.398. The fourth-order valence-electron chi connectivity index (χ4n) is 2.12. The van der Waals surface area contributed by atoms with Crippen molar-refractivity contribution >= 4 is 56.4 Å². The van der Waals surface area contributed by atoms with E-state index < -0.39 is 5.97 Å². The molecule has 0 fully saturated rings. The van der Waals surface area contributed by atoms with Crippen molar-refractivity contribution in [3.8, 4) is 21.8 Å². The second-order valence-electron chi connectivity index (χ2n) is 4.85. The van der Waals surface area contributed by atoms with Crippen molar-refractivity contribution in [3.63, 3.8) is 0 Å². The number of halogens is 3. The molecule has 0 atom stereocenters. The highest BCUT2D eigenvalue weighted by atomic mass is 79.9. The summed E-state index contributed by atoms with van der Waals surface area (Å²) in [6, 6.07) is 10.9. The lowest BCUT2D eigenvalue weighted by atomic mass is 10.1. The van der Waals surface area contributed by atoms with Crippen molar-refractivity contribution in [1.82, 2.24) is 4.98 Å². The Kier molecular flexibility index (Phi) is 5.25. The summed E-state index contributed by atoms with van der Waals surface area (Å²) >= 11 is 16.9. The summed E-state index contributed by atoms with van der Waals surface area (Å²) in [4.78, 5) is 16.4. The predicted octanol–water partition coefficient (Wildman–Crippen LogP) is 6.33. The van der Waals surface area contributed by atoms with Crippen LogP contribution in [0.3, 0.4) is 0 Å². The zero-order valence-electron chi connectivity index (χ0n) is 12.3. The van der Waals surface area contributed by atoms with Gasteiger partial charge in [0.2, 0.25) is 0 Å². The van der Waals surface area contributed by atoms with Gasteiger partial charge >= 0.3 is 5.97 Å². The minimum atomic E-state index is -0.398. The fraction of sp³-hybridized carbons (Fsp3) is 0.0588. The molecule has 24 heavy (non-hydrogen) atoms. The number of aromatic nitrogens is 1. The quantitative estimate of drug-likeness (QED) is 0.444. The summed E-state index contributed by atoms with van der Waals surface area (Å²) in [7, 11) is 1.35. The summed E-state index contributed by atoms with van der Waals surface area (Å²) in [5, 5.41) is 3.73. The molecule has 0 amide bonds. The molecule has 1 aromatic heterocycles. The molecule has 0 saturated heterocycles. The maximum Gasteiger partial charge on any atom is 0.339 e. The Morgan fingerprint density at radius 2 is 1.88 bits per heavy atom. The van der Waals surface area contributed by atoms with Gasteiger partial charge in [-0.25, -0.2) is 9.78 Å². The van der Waals surface area contributed by atoms with Crippen LogP contribution in [-0.4, -0.2) is 18.1 Å². The molecule has 0 unspecified atom stereocenters. The molecule has 0 aliphatic heterocycles. The van der Waals surface area contributed by atoms with Crippen molar-refractivity contribution in [2.24, 2.45) is 0 Å². The molecule has 1 heterocycles. The number of esters is 1. The summed E-state index contributed by atoms with van der Waals surface area (Å²) in [6.45, 7) is 0. The van der Waals surface area contributed by atoms with Gasteiger partial charge in [-0.3, -0.25) is 0 Å². The molecule has 2 aromatic carbocycles. The van der Waals surface area contributed by atoms with E-state index in [1.54, 1.807) is 18.2 Å². The van der Waals surface area contributed by atoms with E-state index in [4.69, 9.17) is 27.9 Å². The van der Waals surface area contributed by atoms with Gasteiger partial charge < -0.3 is 4.74 Å². The summed E-state index contributed by atoms with van der Waals surface area (Å²) in [5.74, 6) is -0.398. The van der Waals surface area contributed by atoms with Gasteiger partial charge in [-0.1, -0.05) is 35.3 Å². The highest BCUT2D eigenvalue weighted by Crippen LogP contribution is 2.33. The van der Waals surface area contributed by atoms with Crippen LogP contribution in [0, 0.1) is 0 Å². The molecule has 0 aliphatic rings. The van der Waals surface area contributed by atoms with Crippen molar-refractivity contribution in [1.29, 1.82) is 0 Å². The number of carbonyl (C=O) groups excluding carboxylic acids is 1. The van der Waals surface area contributed by atoms with Gasteiger partial charge in [-0.2, -0.15) is 0 Å². The number of hydrogen-bond donors (Lipinski definition) is 0. The van der Waals surface area contributed by atoms with Gasteiger partial charge in [0, 0.05) is 21.0 Å². The Morgan fingerprint density at radius 1 is 1.12 bits per heavy atom. The molecular formula is C17H10BrCl2NO2S. The number of benzene rings is 2. The molecule has 0 N–H and O–H groups in total. The van der Waals surface area contributed by atoms with Crippen molar-refractivity contribution < 1.29 is 9.53 Å². The average molecular weight is 443 g/mol. The van der Waals surface area contributed by atoms with Gasteiger partial charge in [0.15, 0.2) is 0 Å². The SMILES string of the molecule is COC(=O)c1cc(-c2nc(-c3ccc(Cl)c(Cl)c3)cs2)ccc1Br. The number of nitrogens with zero attached hydrogens (tertiary/aromatic N) is 1. The van der Waals surface area contributed by atoms with Crippen LogP contribution in [0.4, 0.5) is 0 Å². The molecule has 0 saturated carbocycles. The van der Waals surface area contributed by atoms with Crippen LogP contribution in [0.1, 0.15) is 10.4 Å². The van der Waals surface area contributed by atoms with Crippen LogP contribution < -0.4 is 0 Å². The van der Waals surface area contributed by atoms with Crippen LogP contribution in [-0.2, 0) is 4.74 Å². The van der Waals surface area contributed by atoms with E-state index in [-0.39, 0.29) is 0 Å². The fourth-order valence-corrected chi connectivity index (χ4v) is 3.65. The Bertz CT molecular complexity index is 927. The van der Waals surface area contributed by atoms with Gasteiger partial charge in [-0.15, -0.1) is 11.3 Å². The molecule has 0 spiro atoms. The van der Waals surface area contributed by atoms with E-state index in [0.717, 1.165) is 21.8 Å². The standard InChI is InChI=1S/C17H10BrCl2NO2S/c1-23-17(22)11-6-10(2-4-12(11)18)16-21-15(8-24-16)9-3-5-13(19)14(20)7-9/h2-8H,1H3. The number of methoxy groups -OCH3 is 1. The van der Waals surface area contributed by atoms with Crippen LogP contribution in [0.5, 0.6) is 0 Å². The lowest BCUT2D eigenvalue weighted by Gasteiger charge is -2.04. The summed E-state index contributed by atoms with van der Waals surface area (Å²) in [5.41, 5.74) is 2.99. The third-order valence-corrected chi connectivity index (χ3v) is 5.66. The summed E-state index contributed by atoms with van der Waals surface area (Å²) in [6.07, 6.45) is 0. The number of rotatable bonds is 3. The number of carbonyl (C=O) groups is 1. The van der Waals surface area contributed by atoms with Gasteiger partial charge in [0.25, 0.3) is 0 Å². The molecule has 3 aromatic rings. The number of thiazole rings is 1. The topological polar surface area (TPSA) is 39.2 Å². The Morgan fingerprint density at radius 3 is 2.58 bits per heavy atom. The number of ether oxygens (including phenoxy) is 1. The molecule has 0 bridgehead atoms. The van der Waals surface area contributed by atoms with Crippen LogP contribution in [0.2, 0.25) is 10.0 Å². The first-order valence-electron chi connectivity index (χ1n) is 6.79. The van der Waals surface area contributed by atoms with E-state index in [0.29, 0.717) is 20.1 Å². The molecule has 3 rings (SSSR count). The van der Waals surface area contributed by atoms with Crippen molar-refractivity contribution in [2.45, 2.75) is 0 Å². The lowest BCUT2D eigenvalue weighted by Crippen LogP contribution is -2.02. The molecule has 122 valence electrons. The Hall–Kier alpha value is -1.40. The van der Waals surface area contributed by atoms with E-state index in [1.807, 2.05) is 23.6 Å². The molecular weight excluding hydrogens is 433 g/mol. The second-order valence-corrected chi connectivity index (χ2v) is 7.38. The smallest absolute Gasteiger partial charge is 0.339 e. The van der Waals surface area contributed by atoms with Crippen molar-refractivity contribution in [2.75, 3.05) is 7.11 Å². The van der Waals surface area contributed by atoms with E-state index in [2.05, 4.69) is 20.9 Å². The van der Waals surface area contributed by atoms with Crippen LogP contribution in [0.15, 0.2) is 46.3 Å². The third kappa shape index (κ3) is 3.49. The predicted molar refractivity (Wildman–Crippen MR) is 102 cm³/mol. The monoisotopic (exact) mass is 441 g/mol. The van der Waals surface area contributed by atoms with E-state index in [1.165, 1.54) is 18.4 Å². The average Bonchev–Trinajstić information content (AvgIpc) is 3.07. The maximum absolute atomic E-state index is 11.8. The zero-order valence-corrected chi connectivity index (χ0v) is 16.3. The highest BCUT2D eigenvalue weighted by Gasteiger charge is 2.14. The second kappa shape index (κ2) is 7.23. The molecule has 0 radical (unpaired) electrons. The minimum Gasteiger partial charge on any atom is -0.465 e. The maximum atomic E-state index is 11.8. The normalized spacial score (nSPS) is 10.7. The third-order valence-electron chi connectivity index (χ3n) is 3.34. The van der Waals surface area contributed by atoms with Crippen LogP contribution >= 0.6 is 50.5 Å². The van der Waals surface area contributed by atoms with Gasteiger partial charge in [0.05, 0.1) is 28.4 Å². The first-order chi connectivity index (χ1) is 11.5. The van der Waals surface area contributed by atoms with E-state index in [9.17, 15) is 4.79 Å². The molecule has 3 nitrogen and oxygen atoms in total. The van der Waals surface area contributed by atoms with E-state index >= 15 is 0 Å². The highest BCUT2D eigenvalue weighted by molar-refractivity contribution is 9.10. The lowest BCUT2D eigenvalue weighted by molar-refractivity contribution is 0.0599. The Labute approximate surface area is 161 Å². The van der Waals surface area contributed by atoms with Crippen molar-refractivity contribution in [3.05, 3.63) is 61.9 Å². The molecule has 0 aliphatic carbocycles. The Balaban J connectivity index is 1.99. The first-order valence-corrected chi connectivity index (χ1v) is 9.21. The van der Waals surface area contributed by atoms with Crippen LogP contribution in [0.25, 0.3) is 21.8 Å². The van der Waals surface area contributed by atoms with Gasteiger partial charge in [-0.05, 0) is 40.2 Å².